The van der Waals surface area contributed by atoms with Crippen LogP contribution < -0.4 is 0 Å². The summed E-state index contributed by atoms with van der Waals surface area (Å²) >= 11 is 0. The Morgan fingerprint density at radius 2 is 2.50 bits per heavy atom. The smallest absolute Gasteiger partial charge is 0.122 e. The third-order valence-electron chi connectivity index (χ3n) is 0.487. The van der Waals surface area contributed by atoms with E-state index in [0.717, 1.165) is 13.0 Å². The Hall–Kier alpha value is -0.100. The van der Waals surface area contributed by atoms with Gasteiger partial charge >= 0.3 is 0 Å². The molecule has 0 fully saturated rings. The van der Waals surface area contributed by atoms with Crippen LogP contribution in [-0.2, 0) is 4.84 Å². The molecule has 1 rings (SSSR count). The Labute approximate surface area is 40.2 Å². The average Bonchev–Trinajstić information content (AvgIpc) is 1.76. The van der Waals surface area contributed by atoms with E-state index < -0.39 is 0 Å². The molecule has 36 valence electrons. The van der Waals surface area contributed by atoms with Gasteiger partial charge in [-0.05, 0) is 0 Å². The van der Waals surface area contributed by atoms with Crippen LogP contribution in [0.2, 0.25) is 0 Å². The third-order valence-corrected chi connectivity index (χ3v) is 0.487. The standard InChI is InChI=1S/C3H5NO.H3P/c1-2-4-5-3-1;/h2H,1,3H2;1H3. The maximum absolute atomic E-state index is 4.51. The Kier molecular flexibility index (Phi) is 3.05. The minimum absolute atomic E-state index is 0. The summed E-state index contributed by atoms with van der Waals surface area (Å²) in [6.45, 7) is 0.778. The maximum Gasteiger partial charge on any atom is 0.122 e. The van der Waals surface area contributed by atoms with Gasteiger partial charge in [0, 0.05) is 12.6 Å². The number of oxime groups is 1. The predicted octanol–water partition coefficient (Wildman–Crippen LogP) is 0.451. The van der Waals surface area contributed by atoms with Gasteiger partial charge in [-0.3, -0.25) is 0 Å². The van der Waals surface area contributed by atoms with Crippen LogP contribution in [0.3, 0.4) is 0 Å². The topological polar surface area (TPSA) is 21.6 Å². The molecule has 0 spiro atoms. The number of nitrogens with zero attached hydrogens (tertiary/aromatic N) is 1. The number of hydrogen-bond donors (Lipinski definition) is 0. The monoisotopic (exact) mass is 105 g/mol. The lowest BCUT2D eigenvalue weighted by atomic mass is 10.5. The lowest BCUT2D eigenvalue weighted by molar-refractivity contribution is 0.174. The molecule has 0 aromatic heterocycles. The first-order chi connectivity index (χ1) is 2.50. The van der Waals surface area contributed by atoms with Crippen molar-refractivity contribution < 1.29 is 4.84 Å². The van der Waals surface area contributed by atoms with Crippen molar-refractivity contribution in [1.29, 1.82) is 0 Å². The Bertz CT molecular complexity index is 48.8. The molecule has 0 saturated heterocycles. The summed E-state index contributed by atoms with van der Waals surface area (Å²) < 4.78 is 0. The van der Waals surface area contributed by atoms with Crippen molar-refractivity contribution >= 4 is 16.1 Å². The molecule has 1 aliphatic heterocycles. The predicted molar refractivity (Wildman–Crippen MR) is 30.2 cm³/mol. The van der Waals surface area contributed by atoms with Crippen LogP contribution in [-0.4, -0.2) is 12.8 Å². The molecule has 0 saturated carbocycles. The Balaban J connectivity index is 0.000000250. The largest absolute Gasteiger partial charge is 0.396 e. The minimum atomic E-state index is 0. The highest BCUT2D eigenvalue weighted by molar-refractivity contribution is 6.92. The van der Waals surface area contributed by atoms with Crippen LogP contribution in [0.1, 0.15) is 6.42 Å². The third kappa shape index (κ3) is 1.37. The highest BCUT2D eigenvalue weighted by atomic mass is 31.0. The van der Waals surface area contributed by atoms with Crippen molar-refractivity contribution in [1.82, 2.24) is 0 Å². The van der Waals surface area contributed by atoms with E-state index in [0.29, 0.717) is 0 Å². The fourth-order valence-electron chi connectivity index (χ4n) is 0.264. The fourth-order valence-corrected chi connectivity index (χ4v) is 0.264. The normalized spacial score (nSPS) is 16.0. The van der Waals surface area contributed by atoms with Crippen LogP contribution in [0.5, 0.6) is 0 Å². The zero-order valence-electron chi connectivity index (χ0n) is 3.55. The van der Waals surface area contributed by atoms with E-state index in [1.807, 2.05) is 0 Å². The highest BCUT2D eigenvalue weighted by Crippen LogP contribution is 1.86. The molecule has 0 aromatic rings. The van der Waals surface area contributed by atoms with Crippen LogP contribution in [0.4, 0.5) is 0 Å². The van der Waals surface area contributed by atoms with E-state index in [-0.39, 0.29) is 9.90 Å². The first-order valence-electron chi connectivity index (χ1n) is 1.64. The van der Waals surface area contributed by atoms with Crippen molar-refractivity contribution in [2.45, 2.75) is 6.42 Å². The second-order valence-corrected chi connectivity index (χ2v) is 0.910. The zero-order chi connectivity index (χ0) is 3.54. The van der Waals surface area contributed by atoms with Gasteiger partial charge in [0.25, 0.3) is 0 Å². The fraction of sp³-hybridized carbons (Fsp3) is 0.667. The van der Waals surface area contributed by atoms with Gasteiger partial charge in [0.1, 0.15) is 6.61 Å². The van der Waals surface area contributed by atoms with Gasteiger partial charge in [-0.1, -0.05) is 5.16 Å². The van der Waals surface area contributed by atoms with E-state index >= 15 is 0 Å². The molecule has 0 amide bonds. The van der Waals surface area contributed by atoms with Gasteiger partial charge in [0.15, 0.2) is 0 Å². The molecule has 0 aromatic carbocycles. The van der Waals surface area contributed by atoms with E-state index in [2.05, 4.69) is 9.99 Å². The first-order valence-corrected chi connectivity index (χ1v) is 1.64. The van der Waals surface area contributed by atoms with Gasteiger partial charge < -0.3 is 4.84 Å². The van der Waals surface area contributed by atoms with Gasteiger partial charge in [-0.25, -0.2) is 0 Å². The van der Waals surface area contributed by atoms with E-state index in [9.17, 15) is 0 Å². The molecular formula is C3H8NOP. The minimum Gasteiger partial charge on any atom is -0.396 e. The Morgan fingerprint density at radius 3 is 2.67 bits per heavy atom. The summed E-state index contributed by atoms with van der Waals surface area (Å²) in [6.07, 6.45) is 2.75. The quantitative estimate of drug-likeness (QED) is 0.410. The molecule has 1 unspecified atom stereocenters. The molecule has 0 aliphatic carbocycles. The molecule has 1 aliphatic rings. The van der Waals surface area contributed by atoms with Gasteiger partial charge in [0.05, 0.1) is 0 Å². The molecule has 3 heteroatoms. The Morgan fingerprint density at radius 1 is 1.67 bits per heavy atom. The molecule has 0 bridgehead atoms. The lowest BCUT2D eigenvalue weighted by Gasteiger charge is -1.76. The zero-order valence-corrected chi connectivity index (χ0v) is 4.97. The second-order valence-electron chi connectivity index (χ2n) is 0.910. The molecule has 2 nitrogen and oxygen atoms in total. The SMILES string of the molecule is C1=NOCC1.P. The first kappa shape index (κ1) is 5.90. The molecule has 1 atom stereocenters. The van der Waals surface area contributed by atoms with Gasteiger partial charge in [-0.2, -0.15) is 9.90 Å². The van der Waals surface area contributed by atoms with E-state index in [1.54, 1.807) is 6.21 Å². The second kappa shape index (κ2) is 3.10. The summed E-state index contributed by atoms with van der Waals surface area (Å²) in [7, 11) is 0. The number of hydrogen-bond acceptors (Lipinski definition) is 2. The van der Waals surface area contributed by atoms with Gasteiger partial charge in [0.2, 0.25) is 0 Å². The molecule has 0 N–H and O–H groups in total. The van der Waals surface area contributed by atoms with Gasteiger partial charge in [-0.15, -0.1) is 0 Å². The summed E-state index contributed by atoms with van der Waals surface area (Å²) in [5.41, 5.74) is 0. The molecule has 6 heavy (non-hydrogen) atoms. The van der Waals surface area contributed by atoms with Crippen molar-refractivity contribution in [3.05, 3.63) is 0 Å². The molecular weight excluding hydrogens is 97.0 g/mol. The molecule has 1 heterocycles. The highest BCUT2D eigenvalue weighted by Gasteiger charge is 1.86. The van der Waals surface area contributed by atoms with Crippen LogP contribution in [0, 0.1) is 0 Å². The van der Waals surface area contributed by atoms with E-state index in [4.69, 9.17) is 0 Å². The summed E-state index contributed by atoms with van der Waals surface area (Å²) in [5.74, 6) is 0. The summed E-state index contributed by atoms with van der Waals surface area (Å²) in [4.78, 5) is 4.51. The summed E-state index contributed by atoms with van der Waals surface area (Å²) in [6, 6.07) is 0. The van der Waals surface area contributed by atoms with E-state index in [1.165, 1.54) is 0 Å². The molecule has 0 radical (unpaired) electrons. The number of rotatable bonds is 0. The van der Waals surface area contributed by atoms with Crippen LogP contribution in [0.25, 0.3) is 0 Å². The van der Waals surface area contributed by atoms with Crippen molar-refractivity contribution in [2.24, 2.45) is 5.16 Å². The summed E-state index contributed by atoms with van der Waals surface area (Å²) in [5, 5.41) is 3.46. The van der Waals surface area contributed by atoms with Crippen LogP contribution in [0.15, 0.2) is 5.16 Å². The van der Waals surface area contributed by atoms with Crippen LogP contribution >= 0.6 is 9.90 Å². The van der Waals surface area contributed by atoms with Crippen molar-refractivity contribution in [2.75, 3.05) is 6.61 Å². The average molecular weight is 105 g/mol. The van der Waals surface area contributed by atoms with Crippen molar-refractivity contribution in [3.63, 3.8) is 0 Å². The maximum atomic E-state index is 4.51. The van der Waals surface area contributed by atoms with Crippen molar-refractivity contribution in [3.8, 4) is 0 Å². The lowest BCUT2D eigenvalue weighted by Crippen LogP contribution is -1.72.